The van der Waals surface area contributed by atoms with Crippen LogP contribution in [0.1, 0.15) is 10.8 Å². The molecule has 4 nitrogen and oxygen atoms in total. The van der Waals surface area contributed by atoms with E-state index in [2.05, 4.69) is 15.2 Å². The molecule has 14 heavy (non-hydrogen) atoms. The highest BCUT2D eigenvalue weighted by molar-refractivity contribution is 7.71. The summed E-state index contributed by atoms with van der Waals surface area (Å²) in [4.78, 5) is 4.22. The van der Waals surface area contributed by atoms with Crippen molar-refractivity contribution in [3.8, 4) is 0 Å². The van der Waals surface area contributed by atoms with Gasteiger partial charge in [0.25, 0.3) is 0 Å². The van der Waals surface area contributed by atoms with Crippen LogP contribution in [-0.4, -0.2) is 19.7 Å². The summed E-state index contributed by atoms with van der Waals surface area (Å²) in [6, 6.07) is 0. The van der Waals surface area contributed by atoms with E-state index >= 15 is 0 Å². The second kappa shape index (κ2) is 4.02. The number of rotatable bonds is 3. The molecule has 0 radical (unpaired) electrons. The molecular formula is C8H10N4S2. The third-order valence-corrected chi connectivity index (χ3v) is 3.13. The maximum atomic E-state index is 5.10. The van der Waals surface area contributed by atoms with Crippen molar-refractivity contribution in [2.24, 2.45) is 0 Å². The van der Waals surface area contributed by atoms with E-state index in [1.54, 1.807) is 11.3 Å². The standard InChI is InChI=1S/C8H10N4S2/c1-6-10-11-8(13)12(6)4-2-7-9-3-5-14-7/h3,5H,2,4H2,1H3,(H,11,13). The van der Waals surface area contributed by atoms with Crippen molar-refractivity contribution in [2.75, 3.05) is 0 Å². The first-order valence-electron chi connectivity index (χ1n) is 4.27. The molecule has 0 aliphatic heterocycles. The molecular weight excluding hydrogens is 216 g/mol. The van der Waals surface area contributed by atoms with E-state index < -0.39 is 0 Å². The van der Waals surface area contributed by atoms with Gasteiger partial charge >= 0.3 is 0 Å². The van der Waals surface area contributed by atoms with E-state index in [9.17, 15) is 0 Å². The van der Waals surface area contributed by atoms with Gasteiger partial charge in [-0.15, -0.1) is 11.3 Å². The number of H-pyrrole nitrogens is 1. The van der Waals surface area contributed by atoms with Crippen LogP contribution in [0.3, 0.4) is 0 Å². The van der Waals surface area contributed by atoms with Gasteiger partial charge in [0.05, 0.1) is 5.01 Å². The monoisotopic (exact) mass is 226 g/mol. The summed E-state index contributed by atoms with van der Waals surface area (Å²) in [6.45, 7) is 2.78. The van der Waals surface area contributed by atoms with Crippen LogP contribution in [0.4, 0.5) is 0 Å². The highest BCUT2D eigenvalue weighted by Crippen LogP contribution is 2.07. The number of aromatic nitrogens is 4. The number of hydrogen-bond acceptors (Lipinski definition) is 4. The molecule has 2 aromatic heterocycles. The Kier molecular flexibility index (Phi) is 2.74. The van der Waals surface area contributed by atoms with E-state index in [4.69, 9.17) is 12.2 Å². The molecule has 0 atom stereocenters. The minimum Gasteiger partial charge on any atom is -0.304 e. The van der Waals surface area contributed by atoms with Crippen LogP contribution < -0.4 is 0 Å². The van der Waals surface area contributed by atoms with Crippen LogP contribution in [-0.2, 0) is 13.0 Å². The normalized spacial score (nSPS) is 10.6. The Bertz CT molecular complexity index is 454. The molecule has 0 saturated carbocycles. The molecule has 0 unspecified atom stereocenters. The molecule has 0 saturated heterocycles. The van der Waals surface area contributed by atoms with Crippen LogP contribution in [0, 0.1) is 11.7 Å². The van der Waals surface area contributed by atoms with E-state index in [-0.39, 0.29) is 0 Å². The number of hydrogen-bond donors (Lipinski definition) is 1. The lowest BCUT2D eigenvalue weighted by Crippen LogP contribution is -2.03. The summed E-state index contributed by atoms with van der Waals surface area (Å²) in [6.07, 6.45) is 2.73. The van der Waals surface area contributed by atoms with Crippen LogP contribution in [0.5, 0.6) is 0 Å². The van der Waals surface area contributed by atoms with Crippen LogP contribution in [0.25, 0.3) is 0 Å². The summed E-state index contributed by atoms with van der Waals surface area (Å²) < 4.78 is 2.66. The van der Waals surface area contributed by atoms with Gasteiger partial charge in [0.1, 0.15) is 5.82 Å². The van der Waals surface area contributed by atoms with Crippen molar-refractivity contribution in [3.63, 3.8) is 0 Å². The molecule has 2 rings (SSSR count). The quantitative estimate of drug-likeness (QED) is 0.814. The Morgan fingerprint density at radius 3 is 3.07 bits per heavy atom. The zero-order valence-corrected chi connectivity index (χ0v) is 9.36. The topological polar surface area (TPSA) is 46.5 Å². The fourth-order valence-electron chi connectivity index (χ4n) is 1.24. The summed E-state index contributed by atoms with van der Waals surface area (Å²) in [7, 11) is 0. The maximum Gasteiger partial charge on any atom is 0.195 e. The molecule has 0 aliphatic carbocycles. The van der Waals surface area contributed by atoms with Gasteiger partial charge < -0.3 is 4.57 Å². The molecule has 2 heterocycles. The van der Waals surface area contributed by atoms with E-state index in [0.29, 0.717) is 4.77 Å². The molecule has 0 aromatic carbocycles. The summed E-state index contributed by atoms with van der Waals surface area (Å²) in [5, 5.41) is 9.93. The first-order chi connectivity index (χ1) is 6.77. The number of nitrogens with one attached hydrogen (secondary N) is 1. The van der Waals surface area contributed by atoms with Gasteiger partial charge in [-0.25, -0.2) is 4.98 Å². The van der Waals surface area contributed by atoms with Crippen molar-refractivity contribution in [1.82, 2.24) is 19.7 Å². The van der Waals surface area contributed by atoms with Gasteiger partial charge in [0, 0.05) is 24.5 Å². The van der Waals surface area contributed by atoms with E-state index in [1.165, 1.54) is 0 Å². The fraction of sp³-hybridized carbons (Fsp3) is 0.375. The smallest absolute Gasteiger partial charge is 0.195 e. The van der Waals surface area contributed by atoms with Crippen LogP contribution in [0.15, 0.2) is 11.6 Å². The third kappa shape index (κ3) is 1.91. The first kappa shape index (κ1) is 9.54. The van der Waals surface area contributed by atoms with E-state index in [1.807, 2.05) is 23.1 Å². The first-order valence-corrected chi connectivity index (χ1v) is 5.56. The minimum atomic E-state index is 0.680. The predicted octanol–water partition coefficient (Wildman–Crippen LogP) is 1.95. The lowest BCUT2D eigenvalue weighted by atomic mass is 10.4. The Labute approximate surface area is 90.6 Å². The molecule has 0 bridgehead atoms. The summed E-state index contributed by atoms with van der Waals surface area (Å²) >= 11 is 6.76. The van der Waals surface area contributed by atoms with Crippen molar-refractivity contribution in [3.05, 3.63) is 27.2 Å². The van der Waals surface area contributed by atoms with Crippen LogP contribution in [0.2, 0.25) is 0 Å². The van der Waals surface area contributed by atoms with Gasteiger partial charge in [-0.2, -0.15) is 5.10 Å². The largest absolute Gasteiger partial charge is 0.304 e. The lowest BCUT2D eigenvalue weighted by molar-refractivity contribution is 0.662. The van der Waals surface area contributed by atoms with Gasteiger partial charge in [-0.05, 0) is 19.1 Å². The van der Waals surface area contributed by atoms with Gasteiger partial charge in [-0.3, -0.25) is 5.10 Å². The Balaban J connectivity index is 2.09. The molecule has 2 aromatic rings. The van der Waals surface area contributed by atoms with Crippen molar-refractivity contribution >= 4 is 23.6 Å². The highest BCUT2D eigenvalue weighted by Gasteiger charge is 2.01. The Morgan fingerprint density at radius 1 is 1.64 bits per heavy atom. The van der Waals surface area contributed by atoms with Crippen molar-refractivity contribution < 1.29 is 0 Å². The third-order valence-electron chi connectivity index (χ3n) is 1.98. The minimum absolute atomic E-state index is 0.680. The van der Waals surface area contributed by atoms with E-state index in [0.717, 1.165) is 23.8 Å². The molecule has 6 heteroatoms. The zero-order chi connectivity index (χ0) is 9.97. The molecule has 74 valence electrons. The Hall–Kier alpha value is -1.01. The van der Waals surface area contributed by atoms with Crippen molar-refractivity contribution in [2.45, 2.75) is 19.9 Å². The average molecular weight is 226 g/mol. The second-order valence-electron chi connectivity index (χ2n) is 2.90. The van der Waals surface area contributed by atoms with Crippen LogP contribution >= 0.6 is 23.6 Å². The molecule has 0 amide bonds. The van der Waals surface area contributed by atoms with Gasteiger partial charge in [-0.1, -0.05) is 0 Å². The number of nitrogens with zero attached hydrogens (tertiary/aromatic N) is 3. The molecule has 0 spiro atoms. The van der Waals surface area contributed by atoms with Crippen molar-refractivity contribution in [1.29, 1.82) is 0 Å². The highest BCUT2D eigenvalue weighted by atomic mass is 32.1. The average Bonchev–Trinajstić information content (AvgIpc) is 2.76. The fourth-order valence-corrected chi connectivity index (χ4v) is 2.12. The van der Waals surface area contributed by atoms with Gasteiger partial charge in [0.2, 0.25) is 0 Å². The number of thiazole rings is 1. The van der Waals surface area contributed by atoms with Gasteiger partial charge in [0.15, 0.2) is 4.77 Å². The summed E-state index contributed by atoms with van der Waals surface area (Å²) in [5.74, 6) is 0.923. The summed E-state index contributed by atoms with van der Waals surface area (Å²) in [5.41, 5.74) is 0. The zero-order valence-electron chi connectivity index (χ0n) is 7.73. The Morgan fingerprint density at radius 2 is 2.50 bits per heavy atom. The molecule has 0 aliphatic rings. The number of aryl methyl sites for hydroxylation is 2. The SMILES string of the molecule is Cc1n[nH]c(=S)n1CCc1nccs1. The lowest BCUT2D eigenvalue weighted by Gasteiger charge is -2.00. The molecule has 0 fully saturated rings. The molecule has 1 N–H and O–H groups in total. The number of aromatic amines is 1. The second-order valence-corrected chi connectivity index (χ2v) is 4.27. The predicted molar refractivity (Wildman–Crippen MR) is 58.0 cm³/mol. The maximum absolute atomic E-state index is 5.10.